The van der Waals surface area contributed by atoms with Crippen molar-refractivity contribution in [3.05, 3.63) is 35.9 Å². The van der Waals surface area contributed by atoms with Crippen LogP contribution in [0.3, 0.4) is 0 Å². The van der Waals surface area contributed by atoms with E-state index in [9.17, 15) is 8.78 Å². The third kappa shape index (κ3) is 3.47. The molecule has 1 saturated carbocycles. The van der Waals surface area contributed by atoms with Crippen LogP contribution in [-0.4, -0.2) is 13.2 Å². The summed E-state index contributed by atoms with van der Waals surface area (Å²) in [6.07, 6.45) is 7.28. The Labute approximate surface area is 157 Å². The van der Waals surface area contributed by atoms with E-state index in [2.05, 4.69) is 0 Å². The fourth-order valence-electron chi connectivity index (χ4n) is 4.03. The molecule has 0 spiro atoms. The Morgan fingerprint density at radius 1 is 0.926 bits per heavy atom. The number of rotatable bonds is 7. The molecule has 0 saturated heterocycles. The van der Waals surface area contributed by atoms with E-state index in [4.69, 9.17) is 13.9 Å². The zero-order valence-electron chi connectivity index (χ0n) is 15.5. The monoisotopic (exact) mass is 374 g/mol. The highest BCUT2D eigenvalue weighted by atomic mass is 19.1. The summed E-state index contributed by atoms with van der Waals surface area (Å²) in [7, 11) is 0. The van der Waals surface area contributed by atoms with Crippen molar-refractivity contribution >= 4 is 21.9 Å². The molecule has 4 rings (SSSR count). The average molecular weight is 374 g/mol. The Kier molecular flexibility index (Phi) is 5.19. The van der Waals surface area contributed by atoms with Crippen LogP contribution >= 0.6 is 0 Å². The Hall–Kier alpha value is -2.30. The predicted molar refractivity (Wildman–Crippen MR) is 101 cm³/mol. The van der Waals surface area contributed by atoms with E-state index >= 15 is 0 Å². The first-order chi connectivity index (χ1) is 13.2. The lowest BCUT2D eigenvalue weighted by molar-refractivity contribution is 0.280. The number of hydrogen-bond donors (Lipinski definition) is 0. The van der Waals surface area contributed by atoms with Gasteiger partial charge < -0.3 is 13.9 Å². The van der Waals surface area contributed by atoms with Gasteiger partial charge in [0.15, 0.2) is 22.7 Å². The van der Waals surface area contributed by atoms with Crippen molar-refractivity contribution < 1.29 is 22.7 Å². The molecule has 3 aromatic rings. The Balaban J connectivity index is 1.55. The molecule has 1 aromatic heterocycles. The van der Waals surface area contributed by atoms with Crippen molar-refractivity contribution in [1.82, 2.24) is 0 Å². The average Bonchev–Trinajstić information content (AvgIpc) is 3.31. The molecule has 0 unspecified atom stereocenters. The van der Waals surface area contributed by atoms with Crippen molar-refractivity contribution in [2.45, 2.75) is 45.4 Å². The maximum absolute atomic E-state index is 14.8. The van der Waals surface area contributed by atoms with E-state index in [1.165, 1.54) is 25.7 Å². The van der Waals surface area contributed by atoms with Crippen LogP contribution in [0, 0.1) is 17.6 Å². The highest BCUT2D eigenvalue weighted by Crippen LogP contribution is 2.38. The van der Waals surface area contributed by atoms with Gasteiger partial charge >= 0.3 is 0 Å². The lowest BCUT2D eigenvalue weighted by Crippen LogP contribution is -2.02. The molecule has 0 atom stereocenters. The van der Waals surface area contributed by atoms with E-state index in [1.807, 2.05) is 0 Å². The SMILES string of the molecule is CCOc1ccc2c(oc3c(F)c(OCCCC4CCCC4)ccc32)c1F. The summed E-state index contributed by atoms with van der Waals surface area (Å²) in [5.74, 6) is -0.143. The van der Waals surface area contributed by atoms with E-state index in [-0.39, 0.29) is 22.7 Å². The highest BCUT2D eigenvalue weighted by molar-refractivity contribution is 6.06. The Morgan fingerprint density at radius 3 is 2.11 bits per heavy atom. The van der Waals surface area contributed by atoms with Crippen LogP contribution in [0.25, 0.3) is 21.9 Å². The molecule has 144 valence electrons. The molecule has 5 heteroatoms. The molecule has 27 heavy (non-hydrogen) atoms. The molecule has 1 heterocycles. The van der Waals surface area contributed by atoms with Gasteiger partial charge in [0.2, 0.25) is 11.6 Å². The first kappa shape index (κ1) is 18.1. The maximum Gasteiger partial charge on any atom is 0.208 e. The van der Waals surface area contributed by atoms with Crippen LogP contribution in [0.2, 0.25) is 0 Å². The van der Waals surface area contributed by atoms with Crippen molar-refractivity contribution in [3.8, 4) is 11.5 Å². The first-order valence-corrected chi connectivity index (χ1v) is 9.78. The van der Waals surface area contributed by atoms with Crippen LogP contribution in [-0.2, 0) is 0 Å². The topological polar surface area (TPSA) is 31.6 Å². The number of halogens is 2. The van der Waals surface area contributed by atoms with Gasteiger partial charge in [0.25, 0.3) is 0 Å². The minimum atomic E-state index is -0.607. The smallest absolute Gasteiger partial charge is 0.208 e. The summed E-state index contributed by atoms with van der Waals surface area (Å²) in [5, 5.41) is 1.06. The van der Waals surface area contributed by atoms with E-state index < -0.39 is 11.6 Å². The molecule has 0 amide bonds. The number of hydrogen-bond acceptors (Lipinski definition) is 3. The molecule has 2 aromatic carbocycles. The van der Waals surface area contributed by atoms with Gasteiger partial charge in [-0.3, -0.25) is 0 Å². The van der Waals surface area contributed by atoms with Gasteiger partial charge in [-0.25, -0.2) is 0 Å². The normalized spacial score (nSPS) is 15.1. The van der Waals surface area contributed by atoms with Gasteiger partial charge in [-0.05, 0) is 49.9 Å². The van der Waals surface area contributed by atoms with Crippen molar-refractivity contribution in [2.24, 2.45) is 5.92 Å². The van der Waals surface area contributed by atoms with Crippen molar-refractivity contribution in [3.63, 3.8) is 0 Å². The van der Waals surface area contributed by atoms with Crippen molar-refractivity contribution in [1.29, 1.82) is 0 Å². The molecule has 0 bridgehead atoms. The number of ether oxygens (including phenoxy) is 2. The molecular weight excluding hydrogens is 350 g/mol. The number of furan rings is 1. The highest BCUT2D eigenvalue weighted by Gasteiger charge is 2.20. The lowest BCUT2D eigenvalue weighted by Gasteiger charge is -2.10. The summed E-state index contributed by atoms with van der Waals surface area (Å²) < 4.78 is 45.8. The molecule has 1 aliphatic rings. The third-order valence-corrected chi connectivity index (χ3v) is 5.41. The molecule has 0 aliphatic heterocycles. The van der Waals surface area contributed by atoms with E-state index in [0.29, 0.717) is 24.0 Å². The zero-order chi connectivity index (χ0) is 18.8. The first-order valence-electron chi connectivity index (χ1n) is 9.78. The van der Waals surface area contributed by atoms with Gasteiger partial charge in [-0.2, -0.15) is 8.78 Å². The summed E-state index contributed by atoms with van der Waals surface area (Å²) >= 11 is 0. The summed E-state index contributed by atoms with van der Waals surface area (Å²) in [6, 6.07) is 6.55. The molecule has 1 aliphatic carbocycles. The number of benzene rings is 2. The van der Waals surface area contributed by atoms with Gasteiger partial charge in [0.05, 0.1) is 13.2 Å². The van der Waals surface area contributed by atoms with Crippen LogP contribution in [0.4, 0.5) is 8.78 Å². The standard InChI is InChI=1S/C22H24F2O3/c1-2-25-17-11-9-15-16-10-12-18(20(24)22(16)27-21(15)19(17)23)26-13-5-8-14-6-3-4-7-14/h9-12,14H,2-8,13H2,1H3. The van der Waals surface area contributed by atoms with Gasteiger partial charge in [-0.15, -0.1) is 0 Å². The zero-order valence-corrected chi connectivity index (χ0v) is 15.5. The fraction of sp³-hybridized carbons (Fsp3) is 0.455. The summed E-state index contributed by atoms with van der Waals surface area (Å²) in [6.45, 7) is 2.59. The van der Waals surface area contributed by atoms with Crippen LogP contribution < -0.4 is 9.47 Å². The summed E-state index contributed by atoms with van der Waals surface area (Å²) in [4.78, 5) is 0. The molecule has 3 nitrogen and oxygen atoms in total. The predicted octanol–water partition coefficient (Wildman–Crippen LogP) is 6.61. The molecule has 1 fully saturated rings. The maximum atomic E-state index is 14.8. The van der Waals surface area contributed by atoms with E-state index in [0.717, 1.165) is 18.8 Å². The van der Waals surface area contributed by atoms with Gasteiger partial charge in [0, 0.05) is 10.8 Å². The number of fused-ring (bicyclic) bond motifs is 3. The van der Waals surface area contributed by atoms with Crippen molar-refractivity contribution in [2.75, 3.05) is 13.2 Å². The quantitative estimate of drug-likeness (QED) is 0.436. The molecule has 0 radical (unpaired) electrons. The minimum Gasteiger partial charge on any atom is -0.491 e. The fourth-order valence-corrected chi connectivity index (χ4v) is 4.03. The minimum absolute atomic E-state index is 0.00762. The van der Waals surface area contributed by atoms with Gasteiger partial charge in [-0.1, -0.05) is 25.7 Å². The third-order valence-electron chi connectivity index (χ3n) is 5.41. The lowest BCUT2D eigenvalue weighted by atomic mass is 10.0. The van der Waals surface area contributed by atoms with Crippen LogP contribution in [0.1, 0.15) is 45.4 Å². The second kappa shape index (κ2) is 7.75. The summed E-state index contributed by atoms with van der Waals surface area (Å²) in [5.41, 5.74) is 0.0269. The van der Waals surface area contributed by atoms with E-state index in [1.54, 1.807) is 31.2 Å². The molecule has 0 N–H and O–H groups in total. The largest absolute Gasteiger partial charge is 0.491 e. The second-order valence-electron chi connectivity index (χ2n) is 7.18. The second-order valence-corrected chi connectivity index (χ2v) is 7.18. The van der Waals surface area contributed by atoms with Gasteiger partial charge in [0.1, 0.15) is 0 Å². The Bertz CT molecular complexity index is 942. The van der Waals surface area contributed by atoms with Crippen LogP contribution in [0.15, 0.2) is 28.7 Å². The van der Waals surface area contributed by atoms with Crippen LogP contribution in [0.5, 0.6) is 11.5 Å². The Morgan fingerprint density at radius 2 is 1.52 bits per heavy atom. The molecular formula is C22H24F2O3.